The topological polar surface area (TPSA) is 68.7 Å². The molecule has 0 atom stereocenters. The highest BCUT2D eigenvalue weighted by Crippen LogP contribution is 2.33. The fourth-order valence-electron chi connectivity index (χ4n) is 3.65. The molecule has 3 aromatic carbocycles. The Kier molecular flexibility index (Phi) is 5.88. The summed E-state index contributed by atoms with van der Waals surface area (Å²) in [5.74, 6) is 1.53. The number of fused-ring (bicyclic) bond motifs is 1. The molecule has 0 bridgehead atoms. The molecule has 0 saturated carbocycles. The van der Waals surface area contributed by atoms with Crippen molar-refractivity contribution >= 4 is 21.4 Å². The number of thiazole rings is 1. The standard InChI is InChI=1S/C25H22N2O4S2/c1-27(15-18-5-3-2-4-6-18)33(28,29)21-10-8-20(9-11-21)22-16-32-25(26-22)14-19-7-12-23-24(13-19)31-17-30-23/h2-13,16H,14-15,17H2,1H3. The van der Waals surface area contributed by atoms with Gasteiger partial charge >= 0.3 is 0 Å². The molecule has 0 saturated heterocycles. The van der Waals surface area contributed by atoms with Crippen molar-refractivity contribution in [2.75, 3.05) is 13.8 Å². The fraction of sp³-hybridized carbons (Fsp3) is 0.160. The number of ether oxygens (including phenoxy) is 2. The predicted molar refractivity (Wildman–Crippen MR) is 128 cm³/mol. The van der Waals surface area contributed by atoms with Crippen molar-refractivity contribution in [2.24, 2.45) is 0 Å². The van der Waals surface area contributed by atoms with Crippen LogP contribution >= 0.6 is 11.3 Å². The number of hydrogen-bond acceptors (Lipinski definition) is 6. The van der Waals surface area contributed by atoms with Crippen molar-refractivity contribution in [1.29, 1.82) is 0 Å². The normalized spacial score (nSPS) is 12.9. The predicted octanol–water partition coefficient (Wildman–Crippen LogP) is 4.95. The van der Waals surface area contributed by atoms with Crippen LogP contribution in [0.15, 0.2) is 83.1 Å². The second-order valence-corrected chi connectivity index (χ2v) is 10.7. The molecule has 0 fully saturated rings. The quantitative estimate of drug-likeness (QED) is 0.376. The minimum absolute atomic E-state index is 0.258. The van der Waals surface area contributed by atoms with Gasteiger partial charge in [0.15, 0.2) is 11.5 Å². The molecule has 1 aromatic heterocycles. The lowest BCUT2D eigenvalue weighted by Gasteiger charge is -2.17. The largest absolute Gasteiger partial charge is 0.454 e. The Morgan fingerprint density at radius 1 is 0.939 bits per heavy atom. The molecule has 0 amide bonds. The maximum absolute atomic E-state index is 13.0. The monoisotopic (exact) mass is 478 g/mol. The van der Waals surface area contributed by atoms with Gasteiger partial charge in [-0.25, -0.2) is 13.4 Å². The Labute approximate surface area is 197 Å². The van der Waals surface area contributed by atoms with Crippen molar-refractivity contribution in [2.45, 2.75) is 17.9 Å². The summed E-state index contributed by atoms with van der Waals surface area (Å²) in [7, 11) is -1.99. The van der Waals surface area contributed by atoms with Crippen LogP contribution in [0, 0.1) is 0 Å². The Bertz CT molecular complexity index is 1370. The summed E-state index contributed by atoms with van der Waals surface area (Å²) in [6.07, 6.45) is 0.693. The highest BCUT2D eigenvalue weighted by molar-refractivity contribution is 7.89. The average Bonchev–Trinajstić information content (AvgIpc) is 3.49. The molecule has 6 nitrogen and oxygen atoms in total. The second-order valence-electron chi connectivity index (χ2n) is 7.76. The number of hydrogen-bond donors (Lipinski definition) is 0. The summed E-state index contributed by atoms with van der Waals surface area (Å²) in [4.78, 5) is 5.00. The van der Waals surface area contributed by atoms with E-state index in [0.717, 1.165) is 38.9 Å². The van der Waals surface area contributed by atoms with E-state index in [1.165, 1.54) is 4.31 Å². The number of nitrogens with zero attached hydrogens (tertiary/aromatic N) is 2. The van der Waals surface area contributed by atoms with E-state index in [1.807, 2.05) is 66.0 Å². The van der Waals surface area contributed by atoms with Crippen molar-refractivity contribution in [1.82, 2.24) is 9.29 Å². The Hall–Kier alpha value is -3.20. The third-order valence-corrected chi connectivity index (χ3v) is 8.12. The minimum atomic E-state index is -3.58. The Morgan fingerprint density at radius 2 is 1.70 bits per heavy atom. The van der Waals surface area contributed by atoms with E-state index in [1.54, 1.807) is 30.5 Å². The van der Waals surface area contributed by atoms with Crippen LogP contribution in [0.5, 0.6) is 11.5 Å². The molecule has 2 heterocycles. The fourth-order valence-corrected chi connectivity index (χ4v) is 5.65. The molecular formula is C25H22N2O4S2. The molecule has 168 valence electrons. The van der Waals surface area contributed by atoms with Gasteiger partial charge in [-0.15, -0.1) is 11.3 Å². The zero-order chi connectivity index (χ0) is 22.8. The van der Waals surface area contributed by atoms with Gasteiger partial charge in [-0.3, -0.25) is 0 Å². The molecule has 5 rings (SSSR count). The lowest BCUT2D eigenvalue weighted by Crippen LogP contribution is -2.26. The third-order valence-electron chi connectivity index (χ3n) is 5.45. The van der Waals surface area contributed by atoms with Crippen molar-refractivity contribution < 1.29 is 17.9 Å². The molecule has 8 heteroatoms. The van der Waals surface area contributed by atoms with Gasteiger partial charge in [0.1, 0.15) is 0 Å². The van der Waals surface area contributed by atoms with Gasteiger partial charge in [0.05, 0.1) is 15.6 Å². The second kappa shape index (κ2) is 8.97. The van der Waals surface area contributed by atoms with Crippen LogP contribution in [0.25, 0.3) is 11.3 Å². The van der Waals surface area contributed by atoms with E-state index in [0.29, 0.717) is 13.0 Å². The maximum Gasteiger partial charge on any atom is 0.243 e. The van der Waals surface area contributed by atoms with Crippen molar-refractivity contribution in [3.8, 4) is 22.8 Å². The van der Waals surface area contributed by atoms with Gasteiger partial charge in [-0.2, -0.15) is 4.31 Å². The summed E-state index contributed by atoms with van der Waals surface area (Å²) in [6, 6.07) is 22.4. The first-order valence-corrected chi connectivity index (χ1v) is 12.7. The molecule has 0 radical (unpaired) electrons. The smallest absolute Gasteiger partial charge is 0.243 e. The minimum Gasteiger partial charge on any atom is -0.454 e. The first-order valence-electron chi connectivity index (χ1n) is 10.4. The van der Waals surface area contributed by atoms with Crippen LogP contribution < -0.4 is 9.47 Å². The van der Waals surface area contributed by atoms with Gasteiger partial charge in [-0.1, -0.05) is 48.5 Å². The van der Waals surface area contributed by atoms with Crippen LogP contribution in [-0.4, -0.2) is 31.5 Å². The first kappa shape index (κ1) is 21.6. The van der Waals surface area contributed by atoms with Crippen LogP contribution in [0.1, 0.15) is 16.1 Å². The average molecular weight is 479 g/mol. The number of rotatable bonds is 7. The molecule has 0 unspecified atom stereocenters. The zero-order valence-electron chi connectivity index (χ0n) is 18.0. The summed E-state index contributed by atoms with van der Waals surface area (Å²) in [5, 5.41) is 2.97. The highest BCUT2D eigenvalue weighted by atomic mass is 32.2. The van der Waals surface area contributed by atoms with Gasteiger partial charge in [0.25, 0.3) is 0 Å². The lowest BCUT2D eigenvalue weighted by atomic mass is 10.1. The highest BCUT2D eigenvalue weighted by Gasteiger charge is 2.21. The molecule has 1 aliphatic rings. The Balaban J connectivity index is 1.29. The lowest BCUT2D eigenvalue weighted by molar-refractivity contribution is 0.174. The van der Waals surface area contributed by atoms with Crippen LogP contribution in [-0.2, 0) is 23.0 Å². The van der Waals surface area contributed by atoms with E-state index in [2.05, 4.69) is 0 Å². The van der Waals surface area contributed by atoms with Gasteiger partial charge in [0, 0.05) is 31.0 Å². The Morgan fingerprint density at radius 3 is 2.48 bits per heavy atom. The molecule has 0 aliphatic carbocycles. The van der Waals surface area contributed by atoms with E-state index in [-0.39, 0.29) is 11.7 Å². The van der Waals surface area contributed by atoms with Crippen LogP contribution in [0.4, 0.5) is 0 Å². The number of sulfonamides is 1. The van der Waals surface area contributed by atoms with Crippen molar-refractivity contribution in [3.63, 3.8) is 0 Å². The first-order chi connectivity index (χ1) is 16.0. The third kappa shape index (κ3) is 4.64. The van der Waals surface area contributed by atoms with Crippen LogP contribution in [0.3, 0.4) is 0 Å². The van der Waals surface area contributed by atoms with E-state index in [9.17, 15) is 8.42 Å². The molecule has 0 spiro atoms. The van der Waals surface area contributed by atoms with Gasteiger partial charge in [0.2, 0.25) is 16.8 Å². The van der Waals surface area contributed by atoms with E-state index in [4.69, 9.17) is 14.5 Å². The molecule has 0 N–H and O–H groups in total. The van der Waals surface area contributed by atoms with E-state index < -0.39 is 10.0 Å². The zero-order valence-corrected chi connectivity index (χ0v) is 19.6. The summed E-state index contributed by atoms with van der Waals surface area (Å²) >= 11 is 1.58. The maximum atomic E-state index is 13.0. The number of aromatic nitrogens is 1. The SMILES string of the molecule is CN(Cc1ccccc1)S(=O)(=O)c1ccc(-c2csc(Cc3ccc4c(c3)OCO4)n2)cc1. The summed E-state index contributed by atoms with van der Waals surface area (Å²) in [5.41, 5.74) is 3.76. The molecule has 1 aliphatic heterocycles. The molecule has 4 aromatic rings. The van der Waals surface area contributed by atoms with Gasteiger partial charge in [-0.05, 0) is 35.4 Å². The van der Waals surface area contributed by atoms with Crippen molar-refractivity contribution in [3.05, 3.63) is 94.3 Å². The summed E-state index contributed by atoms with van der Waals surface area (Å²) < 4.78 is 38.1. The molecule has 33 heavy (non-hydrogen) atoms. The molecular weight excluding hydrogens is 456 g/mol. The summed E-state index contributed by atoms with van der Waals surface area (Å²) in [6.45, 7) is 0.578. The van der Waals surface area contributed by atoms with Crippen LogP contribution in [0.2, 0.25) is 0 Å². The number of benzene rings is 3. The van der Waals surface area contributed by atoms with E-state index >= 15 is 0 Å². The van der Waals surface area contributed by atoms with Gasteiger partial charge < -0.3 is 9.47 Å².